The number of para-hydroxylation sites is 2. The van der Waals surface area contributed by atoms with Gasteiger partial charge in [0.15, 0.2) is 0 Å². The van der Waals surface area contributed by atoms with E-state index in [2.05, 4.69) is 53.1 Å². The van der Waals surface area contributed by atoms with Crippen molar-refractivity contribution in [3.63, 3.8) is 0 Å². The minimum atomic E-state index is -1.33. The summed E-state index contributed by atoms with van der Waals surface area (Å²) in [7, 11) is 0. The smallest absolute Gasteiger partial charge is 0.345 e. The van der Waals surface area contributed by atoms with Crippen LogP contribution in [0.4, 0.5) is 11.4 Å². The Labute approximate surface area is 197 Å². The van der Waals surface area contributed by atoms with Crippen molar-refractivity contribution in [1.29, 1.82) is 0 Å². The van der Waals surface area contributed by atoms with Crippen LogP contribution < -0.4 is 5.32 Å². The van der Waals surface area contributed by atoms with Crippen molar-refractivity contribution < 1.29 is 19.4 Å². The second-order valence-electron chi connectivity index (χ2n) is 5.69. The molecule has 2 aromatic rings. The molecule has 0 bridgehead atoms. The van der Waals surface area contributed by atoms with E-state index in [4.69, 9.17) is 27.9 Å². The first-order chi connectivity index (χ1) is 13.1. The lowest BCUT2D eigenvalue weighted by Crippen LogP contribution is -2.31. The molecule has 0 saturated carbocycles. The predicted octanol–water partition coefficient (Wildman–Crippen LogP) is 6.50. The van der Waals surface area contributed by atoms with Crippen LogP contribution in [0.5, 0.6) is 0 Å². The Hall–Kier alpha value is -0.800. The molecule has 0 spiro atoms. The van der Waals surface area contributed by atoms with E-state index in [0.717, 1.165) is 0 Å². The van der Waals surface area contributed by atoms with Gasteiger partial charge in [-0.1, -0.05) is 95.3 Å². The zero-order valence-corrected chi connectivity index (χ0v) is 20.4. The van der Waals surface area contributed by atoms with E-state index in [1.807, 2.05) is 0 Å². The van der Waals surface area contributed by atoms with E-state index in [1.165, 1.54) is 0 Å². The van der Waals surface area contributed by atoms with Crippen molar-refractivity contribution in [3.8, 4) is 0 Å². The molecule has 0 radical (unpaired) electrons. The maximum atomic E-state index is 12.3. The fourth-order valence-corrected chi connectivity index (χ4v) is 3.67. The molecule has 0 heterocycles. The summed E-state index contributed by atoms with van der Waals surface area (Å²) < 4.78 is 4.29. The molecule has 2 aromatic carbocycles. The van der Waals surface area contributed by atoms with E-state index in [0.29, 0.717) is 27.0 Å². The molecule has 1 unspecified atom stereocenters. The van der Waals surface area contributed by atoms with Crippen LogP contribution in [-0.4, -0.2) is 25.3 Å². The maximum absolute atomic E-state index is 12.3. The van der Waals surface area contributed by atoms with Crippen molar-refractivity contribution >= 4 is 94.3 Å². The summed E-state index contributed by atoms with van der Waals surface area (Å²) in [6.07, 6.45) is -1.48. The van der Waals surface area contributed by atoms with E-state index in [-0.39, 0.29) is 12.8 Å². The molecule has 150 valence electrons. The molecule has 2 rings (SSSR count). The number of anilines is 2. The van der Waals surface area contributed by atoms with Gasteiger partial charge < -0.3 is 15.2 Å². The molecule has 10 heteroatoms. The molecular weight excluding hydrogens is 605 g/mol. The third-order valence-corrected chi connectivity index (χ3v) is 5.14. The number of nitrogens with one attached hydrogen (secondary N) is 1. The number of rotatable bonds is 7. The molecule has 0 aliphatic carbocycles. The third-order valence-electron chi connectivity index (χ3n) is 3.54. The Kier molecular flexibility index (Phi) is 8.63. The molecule has 0 saturated heterocycles. The number of ether oxygens (including phenoxy) is 1. The van der Waals surface area contributed by atoms with Crippen molar-refractivity contribution in [1.82, 2.24) is 0 Å². The van der Waals surface area contributed by atoms with Crippen LogP contribution in [0.1, 0.15) is 12.0 Å². The second-order valence-corrected chi connectivity index (χ2v) is 13.8. The molecule has 0 aliphatic heterocycles. The molecule has 1 atom stereocenters. The highest BCUT2D eigenvalue weighted by atomic mass is 80.0. The lowest BCUT2D eigenvalue weighted by Gasteiger charge is -2.19. The first kappa shape index (κ1) is 23.5. The summed E-state index contributed by atoms with van der Waals surface area (Å²) in [5, 5.41) is 13.3. The van der Waals surface area contributed by atoms with Gasteiger partial charge in [-0.3, -0.25) is 4.79 Å². The largest absolute Gasteiger partial charge is 0.479 e. The van der Waals surface area contributed by atoms with E-state index >= 15 is 0 Å². The summed E-state index contributed by atoms with van der Waals surface area (Å²) in [5.41, 5.74) is 1.73. The highest BCUT2D eigenvalue weighted by Gasteiger charge is 2.31. The van der Waals surface area contributed by atoms with Crippen LogP contribution in [0, 0.1) is 0 Å². The Morgan fingerprint density at radius 1 is 1.07 bits per heavy atom. The van der Waals surface area contributed by atoms with Gasteiger partial charge in [0.05, 0.1) is 22.2 Å². The number of halogens is 5. The summed E-state index contributed by atoms with van der Waals surface area (Å²) in [6, 6.07) is 12.1. The predicted molar refractivity (Wildman–Crippen MR) is 122 cm³/mol. The molecule has 0 amide bonds. The van der Waals surface area contributed by atoms with Gasteiger partial charge in [-0.05, 0) is 23.8 Å². The summed E-state index contributed by atoms with van der Waals surface area (Å²) >= 11 is 22.0. The van der Waals surface area contributed by atoms with Crippen LogP contribution in [0.2, 0.25) is 10.0 Å². The van der Waals surface area contributed by atoms with Gasteiger partial charge in [0.1, 0.15) is 2.14 Å². The standard InChI is InChI=1S/C18H14Br3Cl2NO4/c19-18(20,21)9-14(17(26)27)28-15(25)8-10-4-1-2-7-13(10)24-16-11(22)5-3-6-12(16)23/h1-7,14,24H,8-9H2,(H,26,27). The van der Waals surface area contributed by atoms with Crippen LogP contribution in [0.25, 0.3) is 0 Å². The number of carboxylic acids is 1. The molecule has 0 fully saturated rings. The fraction of sp³-hybridized carbons (Fsp3) is 0.222. The number of esters is 1. The van der Waals surface area contributed by atoms with Crippen molar-refractivity contribution in [2.45, 2.75) is 21.1 Å². The zero-order chi connectivity index (χ0) is 20.9. The van der Waals surface area contributed by atoms with Crippen molar-refractivity contribution in [2.75, 3.05) is 5.32 Å². The van der Waals surface area contributed by atoms with Crippen LogP contribution in [-0.2, 0) is 20.7 Å². The number of benzene rings is 2. The van der Waals surface area contributed by atoms with E-state index in [9.17, 15) is 14.7 Å². The first-order valence-electron chi connectivity index (χ1n) is 7.85. The SMILES string of the molecule is O=C(Cc1ccccc1Nc1c(Cl)cccc1Cl)OC(CC(Br)(Br)Br)C(=O)O. The van der Waals surface area contributed by atoms with Gasteiger partial charge in [-0.2, -0.15) is 0 Å². The Morgan fingerprint density at radius 3 is 2.25 bits per heavy atom. The summed E-state index contributed by atoms with van der Waals surface area (Å²) in [4.78, 5) is 23.7. The van der Waals surface area contributed by atoms with Crippen LogP contribution >= 0.6 is 71.0 Å². The highest BCUT2D eigenvalue weighted by molar-refractivity contribution is 9.39. The molecule has 28 heavy (non-hydrogen) atoms. The number of carboxylic acid groups (broad SMARTS) is 1. The molecule has 2 N–H and O–H groups in total. The average molecular weight is 619 g/mol. The fourth-order valence-electron chi connectivity index (χ4n) is 2.29. The molecule has 0 aromatic heterocycles. The van der Waals surface area contributed by atoms with Gasteiger partial charge >= 0.3 is 11.9 Å². The highest BCUT2D eigenvalue weighted by Crippen LogP contribution is 2.39. The normalized spacial score (nSPS) is 12.3. The number of hydrogen-bond acceptors (Lipinski definition) is 4. The van der Waals surface area contributed by atoms with Gasteiger partial charge in [0.25, 0.3) is 0 Å². The Morgan fingerprint density at radius 2 is 1.68 bits per heavy atom. The van der Waals surface area contributed by atoms with E-state index in [1.54, 1.807) is 42.5 Å². The zero-order valence-electron chi connectivity index (χ0n) is 14.1. The van der Waals surface area contributed by atoms with Crippen molar-refractivity contribution in [3.05, 3.63) is 58.1 Å². The molecule has 5 nitrogen and oxygen atoms in total. The van der Waals surface area contributed by atoms with Gasteiger partial charge in [-0.15, -0.1) is 0 Å². The number of alkyl halides is 3. The Balaban J connectivity index is 2.16. The average Bonchev–Trinajstić information content (AvgIpc) is 2.58. The number of hydrogen-bond donors (Lipinski definition) is 2. The van der Waals surface area contributed by atoms with Gasteiger partial charge in [-0.25, -0.2) is 4.79 Å². The van der Waals surface area contributed by atoms with Crippen LogP contribution in [0.15, 0.2) is 42.5 Å². The van der Waals surface area contributed by atoms with Crippen molar-refractivity contribution in [2.24, 2.45) is 0 Å². The number of carbonyl (C=O) groups excluding carboxylic acids is 1. The summed E-state index contributed by atoms with van der Waals surface area (Å²) in [5.74, 6) is -1.92. The minimum Gasteiger partial charge on any atom is -0.479 e. The maximum Gasteiger partial charge on any atom is 0.345 e. The van der Waals surface area contributed by atoms with E-state index < -0.39 is 20.2 Å². The molecule has 0 aliphatic rings. The number of carbonyl (C=O) groups is 2. The van der Waals surface area contributed by atoms with Gasteiger partial charge in [0, 0.05) is 12.1 Å². The van der Waals surface area contributed by atoms with Gasteiger partial charge in [0.2, 0.25) is 6.10 Å². The third kappa shape index (κ3) is 7.22. The number of aliphatic carboxylic acids is 1. The second kappa shape index (κ2) is 10.3. The first-order valence-corrected chi connectivity index (χ1v) is 11.0. The summed E-state index contributed by atoms with van der Waals surface area (Å²) in [6.45, 7) is 0. The lowest BCUT2D eigenvalue weighted by atomic mass is 10.1. The quantitative estimate of drug-likeness (QED) is 0.274. The lowest BCUT2D eigenvalue weighted by molar-refractivity contribution is -0.163. The van der Waals surface area contributed by atoms with Crippen LogP contribution in [0.3, 0.4) is 0 Å². The topological polar surface area (TPSA) is 75.6 Å². The Bertz CT molecular complexity index is 854. The monoisotopic (exact) mass is 615 g/mol. The molecular formula is C18H14Br3Cl2NO4. The minimum absolute atomic E-state index is 0.0246.